The average Bonchev–Trinajstić information content (AvgIpc) is 2.20. The molecule has 3 unspecified atom stereocenters. The van der Waals surface area contributed by atoms with Gasteiger partial charge in [0.15, 0.2) is 0 Å². The molecular weight excluding hydrogens is 170 g/mol. The van der Waals surface area contributed by atoms with E-state index >= 15 is 0 Å². The molecule has 0 aromatic carbocycles. The minimum absolute atomic E-state index is 0.636. The lowest BCUT2D eigenvalue weighted by Crippen LogP contribution is -2.13. The van der Waals surface area contributed by atoms with E-state index in [9.17, 15) is 0 Å². The lowest BCUT2D eigenvalue weighted by molar-refractivity contribution is 0.423. The van der Waals surface area contributed by atoms with Crippen molar-refractivity contribution in [3.8, 4) is 0 Å². The molecule has 0 radical (unpaired) electrons. The molecule has 0 fully saturated rings. The number of rotatable bonds is 5. The Kier molecular flexibility index (Phi) is 4.92. The van der Waals surface area contributed by atoms with Crippen LogP contribution in [0.25, 0.3) is 0 Å². The van der Waals surface area contributed by atoms with Crippen molar-refractivity contribution in [1.82, 2.24) is 0 Å². The van der Waals surface area contributed by atoms with Gasteiger partial charge in [0, 0.05) is 12.4 Å². The van der Waals surface area contributed by atoms with Crippen LogP contribution in [0.3, 0.4) is 0 Å². The highest BCUT2D eigenvalue weighted by Crippen LogP contribution is 2.23. The fourth-order valence-corrected chi connectivity index (χ4v) is 1.90. The maximum absolute atomic E-state index is 4.16. The van der Waals surface area contributed by atoms with Crippen LogP contribution >= 0.6 is 0 Å². The van der Waals surface area contributed by atoms with Gasteiger partial charge in [-0.1, -0.05) is 46.1 Å². The molecule has 3 atom stereocenters. The Labute approximate surface area is 88.3 Å². The monoisotopic (exact) mass is 193 g/mol. The van der Waals surface area contributed by atoms with Crippen molar-refractivity contribution in [3.63, 3.8) is 0 Å². The highest BCUT2D eigenvalue weighted by molar-refractivity contribution is 5.63. The van der Waals surface area contributed by atoms with E-state index in [0.29, 0.717) is 5.92 Å². The molecule has 1 rings (SSSR count). The molecule has 0 amide bonds. The van der Waals surface area contributed by atoms with Crippen molar-refractivity contribution in [2.75, 3.05) is 0 Å². The van der Waals surface area contributed by atoms with Gasteiger partial charge in [-0.2, -0.15) is 0 Å². The molecule has 0 N–H and O–H groups in total. The topological polar surface area (TPSA) is 12.4 Å². The summed E-state index contributed by atoms with van der Waals surface area (Å²) < 4.78 is 0. The van der Waals surface area contributed by atoms with Crippen LogP contribution in [0.1, 0.15) is 46.5 Å². The lowest BCUT2D eigenvalue weighted by Gasteiger charge is -2.20. The van der Waals surface area contributed by atoms with Gasteiger partial charge in [0.1, 0.15) is 0 Å². The Morgan fingerprint density at radius 1 is 1.43 bits per heavy atom. The lowest BCUT2D eigenvalue weighted by atomic mass is 9.87. The third kappa shape index (κ3) is 3.65. The SMILES string of the molecule is CCC(C)CCCC1C=CN=CC1C. The summed E-state index contributed by atoms with van der Waals surface area (Å²) in [5.74, 6) is 2.26. The molecule has 0 spiro atoms. The van der Waals surface area contributed by atoms with Crippen molar-refractivity contribution in [1.29, 1.82) is 0 Å². The standard InChI is InChI=1S/C13H23N/c1-4-11(2)6-5-7-13-8-9-14-10-12(13)3/h8-13H,4-7H2,1-3H3. The Bertz CT molecular complexity index is 205. The van der Waals surface area contributed by atoms with Gasteiger partial charge in [-0.15, -0.1) is 0 Å². The maximum atomic E-state index is 4.16. The summed E-state index contributed by atoms with van der Waals surface area (Å²) in [5.41, 5.74) is 0. The van der Waals surface area contributed by atoms with E-state index < -0.39 is 0 Å². The molecular formula is C13H23N. The minimum Gasteiger partial charge on any atom is -0.269 e. The molecule has 0 saturated heterocycles. The van der Waals surface area contributed by atoms with Gasteiger partial charge < -0.3 is 0 Å². The van der Waals surface area contributed by atoms with Crippen molar-refractivity contribution in [2.24, 2.45) is 22.7 Å². The summed E-state index contributed by atoms with van der Waals surface area (Å²) >= 11 is 0. The van der Waals surface area contributed by atoms with Crippen LogP contribution in [-0.2, 0) is 0 Å². The van der Waals surface area contributed by atoms with Gasteiger partial charge in [0.25, 0.3) is 0 Å². The molecule has 14 heavy (non-hydrogen) atoms. The predicted molar refractivity (Wildman–Crippen MR) is 63.6 cm³/mol. The van der Waals surface area contributed by atoms with Crippen LogP contribution < -0.4 is 0 Å². The Hall–Kier alpha value is -0.590. The fraction of sp³-hybridized carbons (Fsp3) is 0.769. The predicted octanol–water partition coefficient (Wildman–Crippen LogP) is 4.05. The summed E-state index contributed by atoms with van der Waals surface area (Å²) in [6.45, 7) is 6.89. The molecule has 80 valence electrons. The number of hydrogen-bond donors (Lipinski definition) is 0. The van der Waals surface area contributed by atoms with E-state index in [2.05, 4.69) is 38.1 Å². The first-order chi connectivity index (χ1) is 6.74. The van der Waals surface area contributed by atoms with Gasteiger partial charge in [0.2, 0.25) is 0 Å². The van der Waals surface area contributed by atoms with Gasteiger partial charge >= 0.3 is 0 Å². The first kappa shape index (κ1) is 11.5. The third-order valence-electron chi connectivity index (χ3n) is 3.35. The van der Waals surface area contributed by atoms with Crippen LogP contribution in [-0.4, -0.2) is 6.21 Å². The summed E-state index contributed by atoms with van der Waals surface area (Å²) in [6, 6.07) is 0. The number of allylic oxidation sites excluding steroid dienone is 1. The summed E-state index contributed by atoms with van der Waals surface area (Å²) in [5, 5.41) is 0. The Morgan fingerprint density at radius 2 is 2.21 bits per heavy atom. The smallest absolute Gasteiger partial charge is 0.0227 e. The highest BCUT2D eigenvalue weighted by atomic mass is 14.7. The van der Waals surface area contributed by atoms with Crippen LogP contribution in [0.5, 0.6) is 0 Å². The molecule has 0 saturated carbocycles. The molecule has 0 aromatic heterocycles. The number of hydrogen-bond acceptors (Lipinski definition) is 1. The van der Waals surface area contributed by atoms with Gasteiger partial charge in [0.05, 0.1) is 0 Å². The van der Waals surface area contributed by atoms with Crippen molar-refractivity contribution in [3.05, 3.63) is 12.3 Å². The first-order valence-electron chi connectivity index (χ1n) is 5.94. The van der Waals surface area contributed by atoms with Crippen LogP contribution in [0.15, 0.2) is 17.3 Å². The number of aliphatic imine (C=N–C) groups is 1. The average molecular weight is 193 g/mol. The molecule has 1 aliphatic heterocycles. The Balaban J connectivity index is 2.18. The van der Waals surface area contributed by atoms with E-state index in [1.165, 1.54) is 25.7 Å². The third-order valence-corrected chi connectivity index (χ3v) is 3.35. The summed E-state index contributed by atoms with van der Waals surface area (Å²) in [7, 11) is 0. The zero-order valence-electron chi connectivity index (χ0n) is 9.74. The first-order valence-corrected chi connectivity index (χ1v) is 5.94. The molecule has 0 aliphatic carbocycles. The molecule has 0 bridgehead atoms. The van der Waals surface area contributed by atoms with Crippen LogP contribution in [0.2, 0.25) is 0 Å². The second kappa shape index (κ2) is 6.00. The van der Waals surface area contributed by atoms with E-state index in [1.807, 2.05) is 6.20 Å². The van der Waals surface area contributed by atoms with Crippen LogP contribution in [0.4, 0.5) is 0 Å². The van der Waals surface area contributed by atoms with Crippen molar-refractivity contribution >= 4 is 6.21 Å². The molecule has 0 aromatic rings. The highest BCUT2D eigenvalue weighted by Gasteiger charge is 2.14. The van der Waals surface area contributed by atoms with Gasteiger partial charge in [-0.25, -0.2) is 0 Å². The zero-order valence-corrected chi connectivity index (χ0v) is 9.74. The summed E-state index contributed by atoms with van der Waals surface area (Å²) in [4.78, 5) is 4.16. The van der Waals surface area contributed by atoms with E-state index in [0.717, 1.165) is 11.8 Å². The maximum Gasteiger partial charge on any atom is 0.0227 e. The van der Waals surface area contributed by atoms with E-state index in [-0.39, 0.29) is 0 Å². The second-order valence-corrected chi connectivity index (χ2v) is 4.61. The number of nitrogens with zero attached hydrogens (tertiary/aromatic N) is 1. The van der Waals surface area contributed by atoms with E-state index in [1.54, 1.807) is 0 Å². The van der Waals surface area contributed by atoms with Crippen molar-refractivity contribution in [2.45, 2.75) is 46.5 Å². The summed E-state index contributed by atoms with van der Waals surface area (Å²) in [6.07, 6.45) is 11.7. The van der Waals surface area contributed by atoms with E-state index in [4.69, 9.17) is 0 Å². The second-order valence-electron chi connectivity index (χ2n) is 4.61. The molecule has 1 heterocycles. The normalized spacial score (nSPS) is 27.9. The minimum atomic E-state index is 0.636. The fourth-order valence-electron chi connectivity index (χ4n) is 1.90. The van der Waals surface area contributed by atoms with Crippen molar-refractivity contribution < 1.29 is 0 Å². The molecule has 1 nitrogen and oxygen atoms in total. The quantitative estimate of drug-likeness (QED) is 0.624. The van der Waals surface area contributed by atoms with Gasteiger partial charge in [-0.05, 0) is 24.2 Å². The molecule has 1 aliphatic rings. The largest absolute Gasteiger partial charge is 0.269 e. The van der Waals surface area contributed by atoms with Gasteiger partial charge in [-0.3, -0.25) is 4.99 Å². The Morgan fingerprint density at radius 3 is 2.86 bits per heavy atom. The zero-order chi connectivity index (χ0) is 10.4. The van der Waals surface area contributed by atoms with Crippen LogP contribution in [0, 0.1) is 17.8 Å². The molecule has 1 heteroatoms.